The second-order valence-electron chi connectivity index (χ2n) is 9.28. The summed E-state index contributed by atoms with van der Waals surface area (Å²) in [6.45, 7) is 7.76. The fourth-order valence-corrected chi connectivity index (χ4v) is 5.99. The summed E-state index contributed by atoms with van der Waals surface area (Å²) in [6, 6.07) is 17.5. The highest BCUT2D eigenvalue weighted by Gasteiger charge is 2.48. The van der Waals surface area contributed by atoms with Crippen LogP contribution in [0.1, 0.15) is 28.6 Å². The predicted molar refractivity (Wildman–Crippen MR) is 151 cm³/mol. The van der Waals surface area contributed by atoms with Gasteiger partial charge in [0.2, 0.25) is 0 Å². The molecule has 3 aromatic heterocycles. The minimum absolute atomic E-state index is 0.0241. The number of ketones is 1. The highest BCUT2D eigenvalue weighted by atomic mass is 32.1. The Labute approximate surface area is 228 Å². The van der Waals surface area contributed by atoms with Gasteiger partial charge in [-0.25, -0.2) is 9.97 Å². The van der Waals surface area contributed by atoms with Gasteiger partial charge in [0.15, 0.2) is 10.9 Å². The quantitative estimate of drug-likeness (QED) is 0.128. The average molecular weight is 537 g/mol. The first-order valence-electron chi connectivity index (χ1n) is 12.3. The molecule has 1 aliphatic rings. The standard InChI is InChI=1S/C30H24N4O4S/c1-4-15-38-20-11-9-19(10-12-20)26-24(27(35)25-18(3)31-23-7-5-6-14-33(23)25)28(36)29(37)34(26)30-32-21-13-8-17(2)16-22(21)39-30/h4-14,16,26,35H,1,15H2,2-3H3/b27-24+. The van der Waals surface area contributed by atoms with Crippen LogP contribution in [-0.2, 0) is 9.59 Å². The van der Waals surface area contributed by atoms with Gasteiger partial charge in [0.05, 0.1) is 27.5 Å². The van der Waals surface area contributed by atoms with E-state index >= 15 is 0 Å². The molecule has 2 aromatic carbocycles. The first-order valence-corrected chi connectivity index (χ1v) is 13.1. The molecule has 9 heteroatoms. The van der Waals surface area contributed by atoms with Gasteiger partial charge in [0.25, 0.3) is 5.78 Å². The van der Waals surface area contributed by atoms with Crippen LogP contribution in [0, 0.1) is 13.8 Å². The normalized spacial score (nSPS) is 16.9. The second-order valence-corrected chi connectivity index (χ2v) is 10.3. The number of anilines is 1. The minimum Gasteiger partial charge on any atom is -0.505 e. The summed E-state index contributed by atoms with van der Waals surface area (Å²) in [4.78, 5) is 37.9. The van der Waals surface area contributed by atoms with Crippen molar-refractivity contribution in [2.75, 3.05) is 11.5 Å². The van der Waals surface area contributed by atoms with E-state index < -0.39 is 17.7 Å². The van der Waals surface area contributed by atoms with E-state index in [4.69, 9.17) is 9.72 Å². The van der Waals surface area contributed by atoms with Gasteiger partial charge in [-0.3, -0.25) is 18.9 Å². The Morgan fingerprint density at radius 2 is 1.90 bits per heavy atom. The Morgan fingerprint density at radius 3 is 2.67 bits per heavy atom. The van der Waals surface area contributed by atoms with Gasteiger partial charge in [-0.1, -0.05) is 48.3 Å². The molecule has 1 atom stereocenters. The summed E-state index contributed by atoms with van der Waals surface area (Å²) < 4.78 is 8.24. The number of rotatable bonds is 6. The topological polar surface area (TPSA) is 97.0 Å². The number of benzene rings is 2. The van der Waals surface area contributed by atoms with E-state index in [0.717, 1.165) is 15.8 Å². The van der Waals surface area contributed by atoms with Crippen LogP contribution >= 0.6 is 11.3 Å². The van der Waals surface area contributed by atoms with E-state index in [2.05, 4.69) is 11.6 Å². The molecule has 0 spiro atoms. The van der Waals surface area contributed by atoms with Crippen LogP contribution in [0.15, 0.2) is 85.1 Å². The molecule has 1 N–H and O–H groups in total. The fourth-order valence-electron chi connectivity index (χ4n) is 4.90. The van der Waals surface area contributed by atoms with Crippen LogP contribution in [0.4, 0.5) is 5.13 Å². The van der Waals surface area contributed by atoms with Gasteiger partial charge in [-0.15, -0.1) is 0 Å². The Kier molecular flexibility index (Phi) is 6.00. The number of aryl methyl sites for hydroxylation is 2. The Hall–Kier alpha value is -4.76. The summed E-state index contributed by atoms with van der Waals surface area (Å²) in [5, 5.41) is 12.1. The number of amides is 1. The number of carbonyl (C=O) groups is 2. The van der Waals surface area contributed by atoms with Crippen molar-refractivity contribution in [1.29, 1.82) is 0 Å². The summed E-state index contributed by atoms with van der Waals surface area (Å²) in [5.74, 6) is -1.22. The van der Waals surface area contributed by atoms with Gasteiger partial charge in [-0.05, 0) is 61.4 Å². The maximum atomic E-state index is 13.6. The second kappa shape index (κ2) is 9.52. The molecule has 0 bridgehead atoms. The van der Waals surface area contributed by atoms with Crippen molar-refractivity contribution in [3.63, 3.8) is 0 Å². The van der Waals surface area contributed by atoms with E-state index in [-0.39, 0.29) is 11.3 Å². The SMILES string of the molecule is C=CCOc1ccc(C2/C(=C(\O)c3c(C)nc4ccccn34)C(=O)C(=O)N2c2nc3ccc(C)cc3s2)cc1. The minimum atomic E-state index is -0.909. The van der Waals surface area contributed by atoms with Crippen molar-refractivity contribution in [1.82, 2.24) is 14.4 Å². The van der Waals surface area contributed by atoms with E-state index in [1.165, 1.54) is 16.2 Å². The van der Waals surface area contributed by atoms with Crippen LogP contribution in [0.5, 0.6) is 5.75 Å². The molecule has 1 fully saturated rings. The van der Waals surface area contributed by atoms with Crippen LogP contribution in [0.3, 0.4) is 0 Å². The molecule has 1 unspecified atom stereocenters. The molecule has 8 nitrogen and oxygen atoms in total. The third kappa shape index (κ3) is 4.07. The van der Waals surface area contributed by atoms with E-state index in [0.29, 0.717) is 40.1 Å². The zero-order valence-corrected chi connectivity index (χ0v) is 22.1. The maximum absolute atomic E-state index is 13.6. The molecule has 39 heavy (non-hydrogen) atoms. The zero-order valence-electron chi connectivity index (χ0n) is 21.3. The smallest absolute Gasteiger partial charge is 0.301 e. The predicted octanol–water partition coefficient (Wildman–Crippen LogP) is 5.75. The average Bonchev–Trinajstić information content (AvgIpc) is 3.58. The Morgan fingerprint density at radius 1 is 1.10 bits per heavy atom. The number of carbonyl (C=O) groups excluding carboxylic acids is 2. The Balaban J connectivity index is 1.56. The highest BCUT2D eigenvalue weighted by Crippen LogP contribution is 2.45. The molecule has 1 aliphatic heterocycles. The van der Waals surface area contributed by atoms with Crippen molar-refractivity contribution in [2.24, 2.45) is 0 Å². The lowest BCUT2D eigenvalue weighted by Gasteiger charge is -2.23. The number of imidazole rings is 1. The molecule has 4 heterocycles. The van der Waals surface area contributed by atoms with E-state index in [9.17, 15) is 14.7 Å². The molecule has 0 saturated carbocycles. The third-order valence-electron chi connectivity index (χ3n) is 6.68. The number of aliphatic hydroxyl groups excluding tert-OH is 1. The van der Waals surface area contributed by atoms with Crippen molar-refractivity contribution >= 4 is 49.8 Å². The molecular weight excluding hydrogens is 512 g/mol. The molecule has 1 amide bonds. The van der Waals surface area contributed by atoms with Crippen molar-refractivity contribution < 1.29 is 19.4 Å². The summed E-state index contributed by atoms with van der Waals surface area (Å²) >= 11 is 1.33. The lowest BCUT2D eigenvalue weighted by atomic mass is 9.96. The largest absolute Gasteiger partial charge is 0.505 e. The third-order valence-corrected chi connectivity index (χ3v) is 7.69. The first-order chi connectivity index (χ1) is 18.9. The van der Waals surface area contributed by atoms with Gasteiger partial charge in [-0.2, -0.15) is 0 Å². The van der Waals surface area contributed by atoms with Crippen LogP contribution < -0.4 is 9.64 Å². The first kappa shape index (κ1) is 24.6. The number of nitrogens with zero attached hydrogens (tertiary/aromatic N) is 4. The summed E-state index contributed by atoms with van der Waals surface area (Å²) in [7, 11) is 0. The monoisotopic (exact) mass is 536 g/mol. The van der Waals surface area contributed by atoms with Gasteiger partial charge in [0, 0.05) is 6.20 Å². The van der Waals surface area contributed by atoms with Crippen molar-refractivity contribution in [3.8, 4) is 5.75 Å². The summed E-state index contributed by atoms with van der Waals surface area (Å²) in [6.07, 6.45) is 3.41. The van der Waals surface area contributed by atoms with Crippen LogP contribution in [-0.4, -0.2) is 37.8 Å². The molecule has 0 aliphatic carbocycles. The molecule has 5 aromatic rings. The number of aromatic nitrogens is 3. The Bertz CT molecular complexity index is 1820. The van der Waals surface area contributed by atoms with Gasteiger partial charge in [0.1, 0.15) is 23.7 Å². The number of pyridine rings is 1. The van der Waals surface area contributed by atoms with Crippen LogP contribution in [0.25, 0.3) is 21.6 Å². The maximum Gasteiger partial charge on any atom is 0.301 e. The fraction of sp³-hybridized carbons (Fsp3) is 0.133. The molecule has 194 valence electrons. The number of hydrogen-bond acceptors (Lipinski definition) is 7. The number of ether oxygens (including phenoxy) is 1. The van der Waals surface area contributed by atoms with Crippen molar-refractivity contribution in [3.05, 3.63) is 108 Å². The molecule has 1 saturated heterocycles. The number of fused-ring (bicyclic) bond motifs is 2. The number of Topliss-reactive ketones (excluding diaryl/α,β-unsaturated/α-hetero) is 1. The molecular formula is C30H24N4O4S. The lowest BCUT2D eigenvalue weighted by Crippen LogP contribution is -2.29. The van der Waals surface area contributed by atoms with Crippen molar-refractivity contribution in [2.45, 2.75) is 19.9 Å². The van der Waals surface area contributed by atoms with Gasteiger partial charge < -0.3 is 9.84 Å². The van der Waals surface area contributed by atoms with E-state index in [1.807, 2.05) is 43.3 Å². The van der Waals surface area contributed by atoms with E-state index in [1.54, 1.807) is 47.9 Å². The number of aliphatic hydroxyl groups is 1. The lowest BCUT2D eigenvalue weighted by molar-refractivity contribution is -0.132. The van der Waals surface area contributed by atoms with Crippen LogP contribution in [0.2, 0.25) is 0 Å². The summed E-state index contributed by atoms with van der Waals surface area (Å²) in [5.41, 5.74) is 3.91. The van der Waals surface area contributed by atoms with Gasteiger partial charge >= 0.3 is 5.91 Å². The highest BCUT2D eigenvalue weighted by molar-refractivity contribution is 7.22. The molecule has 0 radical (unpaired) electrons. The molecule has 6 rings (SSSR count). The number of thiazole rings is 1. The zero-order chi connectivity index (χ0) is 27.3. The number of hydrogen-bond donors (Lipinski definition) is 1.